The second kappa shape index (κ2) is 8.86. The minimum absolute atomic E-state index is 0.0649. The summed E-state index contributed by atoms with van der Waals surface area (Å²) >= 11 is 12.3. The van der Waals surface area contributed by atoms with Crippen LogP contribution in [-0.2, 0) is 10.0 Å². The van der Waals surface area contributed by atoms with E-state index in [1.165, 1.54) is 22.5 Å². The van der Waals surface area contributed by atoms with E-state index in [1.54, 1.807) is 55.5 Å². The van der Waals surface area contributed by atoms with Gasteiger partial charge in [-0.1, -0.05) is 53.5 Å². The van der Waals surface area contributed by atoms with E-state index in [0.29, 0.717) is 16.4 Å². The first-order valence-electron chi connectivity index (χ1n) is 8.78. The lowest BCUT2D eigenvalue weighted by molar-refractivity contribution is 0.102. The molecule has 5 nitrogen and oxygen atoms in total. The number of hydrogen-bond acceptors (Lipinski definition) is 3. The molecular formula is C21H18Cl2N2O3S. The molecule has 1 amide bonds. The van der Waals surface area contributed by atoms with Crippen molar-refractivity contribution in [2.24, 2.45) is 0 Å². The van der Waals surface area contributed by atoms with Crippen molar-refractivity contribution in [3.8, 4) is 0 Å². The van der Waals surface area contributed by atoms with Crippen LogP contribution in [0.3, 0.4) is 0 Å². The predicted octanol–water partition coefficient (Wildman–Crippen LogP) is 5.46. The molecule has 0 aliphatic carbocycles. The molecule has 0 radical (unpaired) electrons. The average Bonchev–Trinajstić information content (AvgIpc) is 2.70. The van der Waals surface area contributed by atoms with Crippen LogP contribution in [0.15, 0.2) is 77.7 Å². The Morgan fingerprint density at radius 1 is 0.931 bits per heavy atom. The lowest BCUT2D eigenvalue weighted by atomic mass is 10.2. The highest BCUT2D eigenvalue weighted by Crippen LogP contribution is 2.31. The normalized spacial score (nSPS) is 11.1. The zero-order valence-corrected chi connectivity index (χ0v) is 17.8. The SMILES string of the molecule is CCN(c1ccccc1)S(=O)(=O)c1cc(NC(=O)c2ccccc2Cl)ccc1Cl. The molecule has 150 valence electrons. The van der Waals surface area contributed by atoms with Crippen molar-refractivity contribution >= 4 is 50.5 Å². The first-order chi connectivity index (χ1) is 13.8. The molecule has 1 N–H and O–H groups in total. The fourth-order valence-corrected chi connectivity index (χ4v) is 5.03. The van der Waals surface area contributed by atoms with Crippen LogP contribution in [0.25, 0.3) is 0 Å². The number of anilines is 2. The summed E-state index contributed by atoms with van der Waals surface area (Å²) in [5, 5.41) is 3.03. The molecule has 8 heteroatoms. The molecule has 0 unspecified atom stereocenters. The van der Waals surface area contributed by atoms with Gasteiger partial charge >= 0.3 is 0 Å². The van der Waals surface area contributed by atoms with E-state index < -0.39 is 15.9 Å². The van der Waals surface area contributed by atoms with Crippen LogP contribution in [0, 0.1) is 0 Å². The summed E-state index contributed by atoms with van der Waals surface area (Å²) in [6, 6.07) is 19.7. The highest BCUT2D eigenvalue weighted by Gasteiger charge is 2.26. The van der Waals surface area contributed by atoms with Gasteiger partial charge in [-0.2, -0.15) is 0 Å². The third kappa shape index (κ3) is 4.56. The van der Waals surface area contributed by atoms with Crippen LogP contribution in [0.2, 0.25) is 10.0 Å². The molecule has 0 atom stereocenters. The standard InChI is InChI=1S/C21H18Cl2N2O3S/c1-2-25(16-8-4-3-5-9-16)29(27,28)20-14-15(12-13-19(20)23)24-21(26)17-10-6-7-11-18(17)22/h3-14H,2H2,1H3,(H,24,26). The van der Waals surface area contributed by atoms with Gasteiger partial charge in [-0.15, -0.1) is 0 Å². The molecule has 0 bridgehead atoms. The van der Waals surface area contributed by atoms with Crippen molar-refractivity contribution < 1.29 is 13.2 Å². The lowest BCUT2D eigenvalue weighted by Crippen LogP contribution is -2.31. The van der Waals surface area contributed by atoms with Crippen LogP contribution in [0.1, 0.15) is 17.3 Å². The highest BCUT2D eigenvalue weighted by atomic mass is 35.5. The second-order valence-electron chi connectivity index (χ2n) is 6.08. The molecule has 0 aromatic heterocycles. The Morgan fingerprint density at radius 2 is 1.59 bits per heavy atom. The molecule has 0 aliphatic rings. The van der Waals surface area contributed by atoms with Gasteiger partial charge in [-0.25, -0.2) is 8.42 Å². The average molecular weight is 449 g/mol. The van der Waals surface area contributed by atoms with E-state index in [2.05, 4.69) is 5.32 Å². The number of nitrogens with zero attached hydrogens (tertiary/aromatic N) is 1. The smallest absolute Gasteiger partial charge is 0.265 e. The molecule has 3 rings (SSSR count). The first-order valence-corrected chi connectivity index (χ1v) is 11.0. The maximum absolute atomic E-state index is 13.3. The van der Waals surface area contributed by atoms with E-state index in [0.717, 1.165) is 0 Å². The fourth-order valence-electron chi connectivity index (χ4n) is 2.83. The minimum atomic E-state index is -3.94. The molecule has 0 spiro atoms. The Balaban J connectivity index is 1.96. The van der Waals surface area contributed by atoms with Crippen molar-refractivity contribution in [3.63, 3.8) is 0 Å². The van der Waals surface area contributed by atoms with Gasteiger partial charge in [0.25, 0.3) is 15.9 Å². The number of benzene rings is 3. The molecule has 3 aromatic rings. The molecule has 3 aromatic carbocycles. The number of nitrogens with one attached hydrogen (secondary N) is 1. The number of sulfonamides is 1. The number of para-hydroxylation sites is 1. The van der Waals surface area contributed by atoms with Crippen molar-refractivity contribution in [3.05, 3.63) is 88.4 Å². The van der Waals surface area contributed by atoms with Gasteiger partial charge in [0.05, 0.1) is 21.3 Å². The van der Waals surface area contributed by atoms with Crippen molar-refractivity contribution in [2.75, 3.05) is 16.2 Å². The van der Waals surface area contributed by atoms with Gasteiger partial charge in [0.1, 0.15) is 4.90 Å². The zero-order valence-electron chi connectivity index (χ0n) is 15.5. The van der Waals surface area contributed by atoms with Crippen LogP contribution < -0.4 is 9.62 Å². The summed E-state index contributed by atoms with van der Waals surface area (Å²) in [6.45, 7) is 1.96. The summed E-state index contributed by atoms with van der Waals surface area (Å²) < 4.78 is 27.8. The number of hydrogen-bond donors (Lipinski definition) is 1. The third-order valence-corrected chi connectivity index (χ3v) is 6.92. The molecule has 0 aliphatic heterocycles. The Bertz CT molecular complexity index is 1140. The van der Waals surface area contributed by atoms with E-state index in [1.807, 2.05) is 6.07 Å². The monoisotopic (exact) mass is 448 g/mol. The molecule has 29 heavy (non-hydrogen) atoms. The van der Waals surface area contributed by atoms with Gasteiger partial charge in [0.2, 0.25) is 0 Å². The molecule has 0 heterocycles. The quantitative estimate of drug-likeness (QED) is 0.544. The third-order valence-electron chi connectivity index (χ3n) is 4.21. The number of rotatable bonds is 6. The van der Waals surface area contributed by atoms with Gasteiger partial charge in [0.15, 0.2) is 0 Å². The van der Waals surface area contributed by atoms with Crippen LogP contribution in [0.4, 0.5) is 11.4 Å². The van der Waals surface area contributed by atoms with Crippen molar-refractivity contribution in [2.45, 2.75) is 11.8 Å². The first kappa shape index (κ1) is 21.2. The summed E-state index contributed by atoms with van der Waals surface area (Å²) in [7, 11) is -3.94. The molecular weight excluding hydrogens is 431 g/mol. The second-order valence-corrected chi connectivity index (χ2v) is 8.73. The fraction of sp³-hybridized carbons (Fsp3) is 0.0952. The molecule has 0 fully saturated rings. The number of halogens is 2. The minimum Gasteiger partial charge on any atom is -0.322 e. The van der Waals surface area contributed by atoms with E-state index >= 15 is 0 Å². The zero-order chi connectivity index (χ0) is 21.0. The van der Waals surface area contributed by atoms with E-state index in [9.17, 15) is 13.2 Å². The van der Waals surface area contributed by atoms with Crippen molar-refractivity contribution in [1.29, 1.82) is 0 Å². The maximum Gasteiger partial charge on any atom is 0.265 e. The Kier molecular flexibility index (Phi) is 6.47. The van der Waals surface area contributed by atoms with Gasteiger partial charge < -0.3 is 5.32 Å². The van der Waals surface area contributed by atoms with Gasteiger partial charge in [0, 0.05) is 12.2 Å². The predicted molar refractivity (Wildman–Crippen MR) is 118 cm³/mol. The molecule has 0 saturated heterocycles. The number of carbonyl (C=O) groups is 1. The Labute approximate surface area is 179 Å². The van der Waals surface area contributed by atoms with Gasteiger partial charge in [-0.05, 0) is 49.4 Å². The molecule has 0 saturated carbocycles. The topological polar surface area (TPSA) is 66.5 Å². The maximum atomic E-state index is 13.3. The van der Waals surface area contributed by atoms with Crippen LogP contribution in [0.5, 0.6) is 0 Å². The largest absolute Gasteiger partial charge is 0.322 e. The van der Waals surface area contributed by atoms with E-state index in [4.69, 9.17) is 23.2 Å². The lowest BCUT2D eigenvalue weighted by Gasteiger charge is -2.23. The summed E-state index contributed by atoms with van der Waals surface area (Å²) in [4.78, 5) is 12.4. The van der Waals surface area contributed by atoms with Gasteiger partial charge in [-0.3, -0.25) is 9.10 Å². The number of carbonyl (C=O) groups excluding carboxylic acids is 1. The summed E-state index contributed by atoms with van der Waals surface area (Å²) in [5.41, 5.74) is 1.10. The Hall–Kier alpha value is -2.54. The Morgan fingerprint density at radius 3 is 2.24 bits per heavy atom. The van der Waals surface area contributed by atoms with Crippen molar-refractivity contribution in [1.82, 2.24) is 0 Å². The van der Waals surface area contributed by atoms with Crippen LogP contribution >= 0.6 is 23.2 Å². The highest BCUT2D eigenvalue weighted by molar-refractivity contribution is 7.93. The summed E-state index contributed by atoms with van der Waals surface area (Å²) in [5.74, 6) is -0.448. The van der Waals surface area contributed by atoms with E-state index in [-0.39, 0.29) is 22.0 Å². The van der Waals surface area contributed by atoms with Crippen LogP contribution in [-0.4, -0.2) is 20.9 Å². The summed E-state index contributed by atoms with van der Waals surface area (Å²) in [6.07, 6.45) is 0. The number of amides is 1.